The Kier molecular flexibility index (Phi) is 9.74. The van der Waals surface area contributed by atoms with E-state index in [1.54, 1.807) is 0 Å². The minimum atomic E-state index is -2.57. The van der Waals surface area contributed by atoms with Crippen LogP contribution in [-0.2, 0) is 13.3 Å². The van der Waals surface area contributed by atoms with E-state index in [9.17, 15) is 0 Å². The highest BCUT2D eigenvalue weighted by Crippen LogP contribution is 2.20. The van der Waals surface area contributed by atoms with Crippen molar-refractivity contribution >= 4 is 21.4 Å². The molecule has 0 aromatic carbocycles. The molecule has 0 saturated carbocycles. The molecule has 0 bridgehead atoms. The predicted molar refractivity (Wildman–Crippen MR) is 72.9 cm³/mol. The molecule has 5 heteroatoms. The van der Waals surface area contributed by atoms with Gasteiger partial charge >= 0.3 is 8.80 Å². The zero-order chi connectivity index (χ0) is 12.4. The molecular weight excluding hydrogens is 240 g/mol. The summed E-state index contributed by atoms with van der Waals surface area (Å²) in [6.45, 7) is 10.3. The lowest BCUT2D eigenvalue weighted by atomic mass is 10.5. The van der Waals surface area contributed by atoms with Gasteiger partial charge in [0.1, 0.15) is 0 Å². The van der Waals surface area contributed by atoms with E-state index >= 15 is 0 Å². The molecule has 0 aliphatic rings. The van der Waals surface area contributed by atoms with Crippen molar-refractivity contribution < 1.29 is 13.3 Å². The van der Waals surface area contributed by atoms with Crippen LogP contribution in [0.3, 0.4) is 0 Å². The van der Waals surface area contributed by atoms with Crippen molar-refractivity contribution in [2.75, 3.05) is 19.8 Å². The van der Waals surface area contributed by atoms with Crippen LogP contribution in [0.5, 0.6) is 0 Å². The van der Waals surface area contributed by atoms with Gasteiger partial charge in [-0.2, -0.15) is 12.6 Å². The molecule has 3 nitrogen and oxygen atoms in total. The van der Waals surface area contributed by atoms with Crippen molar-refractivity contribution in [2.45, 2.75) is 51.8 Å². The van der Waals surface area contributed by atoms with Crippen molar-refractivity contribution in [3.05, 3.63) is 0 Å². The Labute approximate surface area is 107 Å². The fourth-order valence-corrected chi connectivity index (χ4v) is 4.33. The average molecular weight is 266 g/mol. The molecule has 1 atom stereocenters. The summed E-state index contributed by atoms with van der Waals surface area (Å²) in [5.74, 6) is 0. The molecule has 16 heavy (non-hydrogen) atoms. The normalized spacial score (nSPS) is 14.1. The van der Waals surface area contributed by atoms with Crippen molar-refractivity contribution in [3.63, 3.8) is 0 Å². The maximum atomic E-state index is 5.86. The SMILES string of the molecule is CCCO[Si](OCCC)(OCCC)C(C)S. The Bertz CT molecular complexity index is 146. The van der Waals surface area contributed by atoms with E-state index in [-0.39, 0.29) is 4.87 Å². The molecule has 0 aromatic heterocycles. The lowest BCUT2D eigenvalue weighted by Gasteiger charge is -2.32. The van der Waals surface area contributed by atoms with Crippen LogP contribution >= 0.6 is 12.6 Å². The van der Waals surface area contributed by atoms with Crippen LogP contribution in [0.2, 0.25) is 0 Å². The second kappa shape index (κ2) is 9.47. The standard InChI is InChI=1S/C11H26O3SSi/c1-5-8-12-16(11(4)15,13-9-6-2)14-10-7-3/h11,15H,5-10H2,1-4H3. The monoisotopic (exact) mass is 266 g/mol. The first-order chi connectivity index (χ1) is 7.63. The fourth-order valence-electron chi connectivity index (χ4n) is 1.22. The zero-order valence-corrected chi connectivity index (χ0v) is 12.9. The van der Waals surface area contributed by atoms with Crippen LogP contribution in [-0.4, -0.2) is 33.5 Å². The largest absolute Gasteiger partial charge is 0.514 e. The van der Waals surface area contributed by atoms with Gasteiger partial charge in [0.15, 0.2) is 0 Å². The van der Waals surface area contributed by atoms with Crippen molar-refractivity contribution in [2.24, 2.45) is 0 Å². The quantitative estimate of drug-likeness (QED) is 0.486. The lowest BCUT2D eigenvalue weighted by Crippen LogP contribution is -2.53. The minimum absolute atomic E-state index is 0.0251. The summed E-state index contributed by atoms with van der Waals surface area (Å²) in [5, 5.41) is 0. The molecule has 98 valence electrons. The summed E-state index contributed by atoms with van der Waals surface area (Å²) in [5.41, 5.74) is 0. The lowest BCUT2D eigenvalue weighted by molar-refractivity contribution is 0.0588. The van der Waals surface area contributed by atoms with E-state index < -0.39 is 8.80 Å². The molecule has 0 saturated heterocycles. The maximum Gasteiger partial charge on any atom is 0.514 e. The van der Waals surface area contributed by atoms with Gasteiger partial charge < -0.3 is 13.3 Å². The third kappa shape index (κ3) is 5.68. The Balaban J connectivity index is 4.46. The van der Waals surface area contributed by atoms with Gasteiger partial charge in [-0.1, -0.05) is 20.8 Å². The van der Waals surface area contributed by atoms with Crippen LogP contribution in [0, 0.1) is 0 Å². The van der Waals surface area contributed by atoms with Gasteiger partial charge in [0, 0.05) is 19.8 Å². The van der Waals surface area contributed by atoms with E-state index in [2.05, 4.69) is 33.4 Å². The molecule has 0 aromatic rings. The third-order valence-corrected chi connectivity index (χ3v) is 5.83. The van der Waals surface area contributed by atoms with Gasteiger partial charge in [0.05, 0.1) is 4.87 Å². The Morgan fingerprint density at radius 1 is 0.875 bits per heavy atom. The second-order valence-electron chi connectivity index (χ2n) is 3.82. The number of hydrogen-bond donors (Lipinski definition) is 1. The van der Waals surface area contributed by atoms with Gasteiger partial charge in [-0.25, -0.2) is 0 Å². The highest BCUT2D eigenvalue weighted by molar-refractivity contribution is 7.82. The van der Waals surface area contributed by atoms with Crippen LogP contribution in [0.25, 0.3) is 0 Å². The van der Waals surface area contributed by atoms with Gasteiger partial charge in [0.25, 0.3) is 0 Å². The first-order valence-electron chi connectivity index (χ1n) is 6.22. The topological polar surface area (TPSA) is 27.7 Å². The first kappa shape index (κ1) is 16.4. The third-order valence-electron chi connectivity index (χ3n) is 2.03. The molecule has 0 amide bonds. The average Bonchev–Trinajstić information content (AvgIpc) is 2.28. The van der Waals surface area contributed by atoms with E-state index in [0.29, 0.717) is 19.8 Å². The molecular formula is C11H26O3SSi. The summed E-state index contributed by atoms with van der Waals surface area (Å²) in [7, 11) is -2.57. The van der Waals surface area contributed by atoms with E-state index in [1.807, 2.05) is 6.92 Å². The molecule has 0 heterocycles. The van der Waals surface area contributed by atoms with Crippen molar-refractivity contribution in [3.8, 4) is 0 Å². The van der Waals surface area contributed by atoms with Gasteiger partial charge in [-0.05, 0) is 26.2 Å². The summed E-state index contributed by atoms with van der Waals surface area (Å²) >= 11 is 4.48. The number of hydrogen-bond acceptors (Lipinski definition) is 4. The zero-order valence-electron chi connectivity index (χ0n) is 11.0. The predicted octanol–water partition coefficient (Wildman–Crippen LogP) is 3.06. The first-order valence-corrected chi connectivity index (χ1v) is 8.54. The van der Waals surface area contributed by atoms with Gasteiger partial charge in [-0.3, -0.25) is 0 Å². The number of rotatable bonds is 10. The highest BCUT2D eigenvalue weighted by Gasteiger charge is 2.45. The summed E-state index contributed by atoms with van der Waals surface area (Å²) < 4.78 is 17.6. The summed E-state index contributed by atoms with van der Waals surface area (Å²) in [6, 6.07) is 0. The van der Waals surface area contributed by atoms with Crippen LogP contribution < -0.4 is 0 Å². The molecule has 0 spiro atoms. The summed E-state index contributed by atoms with van der Waals surface area (Å²) in [6.07, 6.45) is 2.92. The maximum absolute atomic E-state index is 5.86. The van der Waals surface area contributed by atoms with E-state index in [0.717, 1.165) is 19.3 Å². The second-order valence-corrected chi connectivity index (χ2v) is 8.02. The molecule has 0 fully saturated rings. The Morgan fingerprint density at radius 3 is 1.38 bits per heavy atom. The fraction of sp³-hybridized carbons (Fsp3) is 1.00. The van der Waals surface area contributed by atoms with Gasteiger partial charge in [-0.15, -0.1) is 0 Å². The Morgan fingerprint density at radius 2 is 1.19 bits per heavy atom. The molecule has 0 N–H and O–H groups in total. The summed E-state index contributed by atoms with van der Waals surface area (Å²) in [4.78, 5) is 0.0251. The van der Waals surface area contributed by atoms with Crippen LogP contribution in [0.15, 0.2) is 0 Å². The molecule has 0 rings (SSSR count). The van der Waals surface area contributed by atoms with Crippen molar-refractivity contribution in [1.82, 2.24) is 0 Å². The minimum Gasteiger partial charge on any atom is -0.373 e. The highest BCUT2D eigenvalue weighted by atomic mass is 32.1. The van der Waals surface area contributed by atoms with E-state index in [1.165, 1.54) is 0 Å². The number of thiol groups is 1. The van der Waals surface area contributed by atoms with E-state index in [4.69, 9.17) is 13.3 Å². The van der Waals surface area contributed by atoms with Crippen LogP contribution in [0.1, 0.15) is 47.0 Å². The van der Waals surface area contributed by atoms with Crippen LogP contribution in [0.4, 0.5) is 0 Å². The molecule has 0 aliphatic heterocycles. The Hall–Kier alpha value is 0.447. The molecule has 0 aliphatic carbocycles. The molecule has 0 radical (unpaired) electrons. The molecule has 1 unspecified atom stereocenters. The van der Waals surface area contributed by atoms with Gasteiger partial charge in [0.2, 0.25) is 0 Å². The van der Waals surface area contributed by atoms with Crippen molar-refractivity contribution in [1.29, 1.82) is 0 Å². The smallest absolute Gasteiger partial charge is 0.373 e.